The molecular formula is C9H8O4. The van der Waals surface area contributed by atoms with E-state index in [2.05, 4.69) is 0 Å². The molecule has 0 aliphatic carbocycles. The zero-order valence-electron chi connectivity index (χ0n) is 6.73. The van der Waals surface area contributed by atoms with Crippen molar-refractivity contribution in [2.24, 2.45) is 0 Å². The predicted molar refractivity (Wildman–Crippen MR) is 43.9 cm³/mol. The van der Waals surface area contributed by atoms with Gasteiger partial charge < -0.3 is 14.9 Å². The molecule has 0 aromatic heterocycles. The molecule has 68 valence electrons. The highest BCUT2D eigenvalue weighted by Gasteiger charge is 2.30. The van der Waals surface area contributed by atoms with Crippen molar-refractivity contribution in [1.29, 1.82) is 0 Å². The van der Waals surface area contributed by atoms with Crippen molar-refractivity contribution in [1.82, 2.24) is 0 Å². The molecular weight excluding hydrogens is 172 g/mol. The first-order valence-electron chi connectivity index (χ1n) is 3.89. The van der Waals surface area contributed by atoms with E-state index in [0.29, 0.717) is 12.2 Å². The quantitative estimate of drug-likeness (QED) is 0.670. The van der Waals surface area contributed by atoms with Crippen LogP contribution in [-0.2, 0) is 11.2 Å². The molecule has 0 saturated heterocycles. The number of carboxylic acids is 1. The standard InChI is InChI=1S/C9H8O4/c10-6-3-1-2-5-4-7(9(11)12)13-8(5)6/h1-3,7,10H,4H2,(H,11,12)/t7-/m1/s1. The maximum absolute atomic E-state index is 10.6. The van der Waals surface area contributed by atoms with Crippen molar-refractivity contribution in [3.8, 4) is 11.5 Å². The minimum atomic E-state index is -1.00. The summed E-state index contributed by atoms with van der Waals surface area (Å²) in [6.07, 6.45) is -0.540. The maximum Gasteiger partial charge on any atom is 0.345 e. The van der Waals surface area contributed by atoms with Gasteiger partial charge in [-0.2, -0.15) is 0 Å². The summed E-state index contributed by atoms with van der Waals surface area (Å²) in [7, 11) is 0. The van der Waals surface area contributed by atoms with Gasteiger partial charge in [0, 0.05) is 12.0 Å². The van der Waals surface area contributed by atoms with Gasteiger partial charge in [-0.25, -0.2) is 4.79 Å². The number of hydrogen-bond acceptors (Lipinski definition) is 3. The molecule has 4 nitrogen and oxygen atoms in total. The summed E-state index contributed by atoms with van der Waals surface area (Å²) in [5, 5.41) is 18.0. The summed E-state index contributed by atoms with van der Waals surface area (Å²) in [5.41, 5.74) is 0.743. The molecule has 1 aliphatic rings. The van der Waals surface area contributed by atoms with Gasteiger partial charge in [-0.15, -0.1) is 0 Å². The average molecular weight is 180 g/mol. The van der Waals surface area contributed by atoms with Gasteiger partial charge in [0.1, 0.15) is 0 Å². The lowest BCUT2D eigenvalue weighted by Gasteiger charge is -2.04. The number of carbonyl (C=O) groups is 1. The molecule has 13 heavy (non-hydrogen) atoms. The van der Waals surface area contributed by atoms with E-state index in [1.165, 1.54) is 6.07 Å². The second kappa shape index (κ2) is 2.65. The topological polar surface area (TPSA) is 66.8 Å². The summed E-state index contributed by atoms with van der Waals surface area (Å²) in [5.74, 6) is -0.702. The summed E-state index contributed by atoms with van der Waals surface area (Å²) in [6, 6.07) is 4.89. The van der Waals surface area contributed by atoms with Crippen LogP contribution in [0.1, 0.15) is 5.56 Å². The monoisotopic (exact) mass is 180 g/mol. The fourth-order valence-electron chi connectivity index (χ4n) is 1.39. The molecule has 1 aromatic rings. The minimum absolute atomic E-state index is 0.00116. The Labute approximate surface area is 74.4 Å². The second-order valence-corrected chi connectivity index (χ2v) is 2.91. The first-order valence-corrected chi connectivity index (χ1v) is 3.89. The highest BCUT2D eigenvalue weighted by Crippen LogP contribution is 2.36. The number of aromatic hydroxyl groups is 1. The zero-order valence-corrected chi connectivity index (χ0v) is 6.73. The minimum Gasteiger partial charge on any atom is -0.504 e. The smallest absolute Gasteiger partial charge is 0.345 e. The number of fused-ring (bicyclic) bond motifs is 1. The maximum atomic E-state index is 10.6. The molecule has 0 bridgehead atoms. The molecule has 0 saturated carbocycles. The molecule has 0 fully saturated rings. The van der Waals surface area contributed by atoms with E-state index in [1.54, 1.807) is 12.1 Å². The molecule has 1 atom stereocenters. The Kier molecular flexibility index (Phi) is 1.62. The summed E-state index contributed by atoms with van der Waals surface area (Å²) < 4.78 is 5.05. The van der Waals surface area contributed by atoms with Crippen molar-refractivity contribution in [2.75, 3.05) is 0 Å². The highest BCUT2D eigenvalue weighted by molar-refractivity contribution is 5.75. The van der Waals surface area contributed by atoms with Crippen LogP contribution in [-0.4, -0.2) is 22.3 Å². The summed E-state index contributed by atoms with van der Waals surface area (Å²) >= 11 is 0. The average Bonchev–Trinajstić information content (AvgIpc) is 2.49. The van der Waals surface area contributed by atoms with Gasteiger partial charge in [0.05, 0.1) is 0 Å². The van der Waals surface area contributed by atoms with E-state index in [4.69, 9.17) is 9.84 Å². The van der Waals surface area contributed by atoms with Gasteiger partial charge in [0.2, 0.25) is 0 Å². The summed E-state index contributed by atoms with van der Waals surface area (Å²) in [4.78, 5) is 10.6. The van der Waals surface area contributed by atoms with Crippen LogP contribution in [0.2, 0.25) is 0 Å². The molecule has 0 spiro atoms. The number of para-hydroxylation sites is 1. The van der Waals surface area contributed by atoms with E-state index in [0.717, 1.165) is 5.56 Å². The lowest BCUT2D eigenvalue weighted by atomic mass is 10.1. The fourth-order valence-corrected chi connectivity index (χ4v) is 1.39. The number of phenols is 1. The molecule has 2 N–H and O–H groups in total. The van der Waals surface area contributed by atoms with Gasteiger partial charge in [-0.3, -0.25) is 0 Å². The van der Waals surface area contributed by atoms with Gasteiger partial charge in [0.25, 0.3) is 0 Å². The zero-order chi connectivity index (χ0) is 9.42. The SMILES string of the molecule is O=C(O)[C@H]1Cc2cccc(O)c2O1. The van der Waals surface area contributed by atoms with Crippen LogP contribution >= 0.6 is 0 Å². The molecule has 0 unspecified atom stereocenters. The van der Waals surface area contributed by atoms with Crippen molar-refractivity contribution in [3.63, 3.8) is 0 Å². The first kappa shape index (κ1) is 7.91. The van der Waals surface area contributed by atoms with Crippen molar-refractivity contribution < 1.29 is 19.7 Å². The van der Waals surface area contributed by atoms with E-state index in [1.807, 2.05) is 0 Å². The number of carboxylic acid groups (broad SMARTS) is 1. The lowest BCUT2D eigenvalue weighted by molar-refractivity contribution is -0.144. The number of aliphatic carboxylic acids is 1. The Morgan fingerprint density at radius 3 is 2.92 bits per heavy atom. The predicted octanol–water partition coefficient (Wildman–Crippen LogP) is 0.780. The van der Waals surface area contributed by atoms with Crippen molar-refractivity contribution >= 4 is 5.97 Å². The number of hydrogen-bond donors (Lipinski definition) is 2. The number of rotatable bonds is 1. The van der Waals surface area contributed by atoms with E-state index in [-0.39, 0.29) is 5.75 Å². The Morgan fingerprint density at radius 1 is 1.54 bits per heavy atom. The van der Waals surface area contributed by atoms with Crippen molar-refractivity contribution in [2.45, 2.75) is 12.5 Å². The second-order valence-electron chi connectivity index (χ2n) is 2.91. The fraction of sp³-hybridized carbons (Fsp3) is 0.222. The van der Waals surface area contributed by atoms with Gasteiger partial charge in [-0.05, 0) is 6.07 Å². The molecule has 4 heteroatoms. The third kappa shape index (κ3) is 1.20. The third-order valence-electron chi connectivity index (χ3n) is 2.02. The van der Waals surface area contributed by atoms with Crippen LogP contribution in [0.5, 0.6) is 11.5 Å². The molecule has 0 radical (unpaired) electrons. The van der Waals surface area contributed by atoms with E-state index in [9.17, 15) is 9.90 Å². The number of benzene rings is 1. The van der Waals surface area contributed by atoms with Crippen LogP contribution in [0.3, 0.4) is 0 Å². The Bertz CT molecular complexity index is 359. The van der Waals surface area contributed by atoms with E-state index < -0.39 is 12.1 Å². The molecule has 0 amide bonds. The van der Waals surface area contributed by atoms with Gasteiger partial charge >= 0.3 is 5.97 Å². The Morgan fingerprint density at radius 2 is 2.31 bits per heavy atom. The van der Waals surface area contributed by atoms with Crippen LogP contribution in [0.25, 0.3) is 0 Å². The normalized spacial score (nSPS) is 19.2. The Balaban J connectivity index is 2.35. The number of phenolic OH excluding ortho intramolecular Hbond substituents is 1. The van der Waals surface area contributed by atoms with E-state index >= 15 is 0 Å². The molecule has 1 heterocycles. The molecule has 1 aromatic carbocycles. The Hall–Kier alpha value is -1.71. The van der Waals surface area contributed by atoms with Crippen molar-refractivity contribution in [3.05, 3.63) is 23.8 Å². The third-order valence-corrected chi connectivity index (χ3v) is 2.02. The summed E-state index contributed by atoms with van der Waals surface area (Å²) in [6.45, 7) is 0. The highest BCUT2D eigenvalue weighted by atomic mass is 16.5. The van der Waals surface area contributed by atoms with Crippen LogP contribution in [0, 0.1) is 0 Å². The van der Waals surface area contributed by atoms with Crippen LogP contribution < -0.4 is 4.74 Å². The lowest BCUT2D eigenvalue weighted by Crippen LogP contribution is -2.24. The largest absolute Gasteiger partial charge is 0.504 e. The number of ether oxygens (including phenoxy) is 1. The molecule has 2 rings (SSSR count). The van der Waals surface area contributed by atoms with Gasteiger partial charge in [0.15, 0.2) is 17.6 Å². The van der Waals surface area contributed by atoms with Crippen LogP contribution in [0.15, 0.2) is 18.2 Å². The molecule has 1 aliphatic heterocycles. The van der Waals surface area contributed by atoms with Gasteiger partial charge in [-0.1, -0.05) is 12.1 Å². The first-order chi connectivity index (χ1) is 6.18. The van der Waals surface area contributed by atoms with Crippen LogP contribution in [0.4, 0.5) is 0 Å².